The molecule has 2 atom stereocenters. The highest BCUT2D eigenvalue weighted by Gasteiger charge is 2.26. The van der Waals surface area contributed by atoms with E-state index in [0.717, 1.165) is 37.4 Å². The van der Waals surface area contributed by atoms with Gasteiger partial charge in [0.05, 0.1) is 25.5 Å². The first kappa shape index (κ1) is 12.6. The summed E-state index contributed by atoms with van der Waals surface area (Å²) in [6, 6.07) is 2.45. The van der Waals surface area contributed by atoms with Crippen molar-refractivity contribution in [1.29, 1.82) is 0 Å². The van der Waals surface area contributed by atoms with Crippen LogP contribution in [0.5, 0.6) is 0 Å². The highest BCUT2D eigenvalue weighted by molar-refractivity contribution is 5.16. The summed E-state index contributed by atoms with van der Waals surface area (Å²) in [4.78, 5) is 2.44. The third-order valence-corrected chi connectivity index (χ3v) is 3.46. The van der Waals surface area contributed by atoms with Crippen LogP contribution < -0.4 is 5.73 Å². The maximum absolute atomic E-state index is 5.69. The Morgan fingerprint density at radius 3 is 3.06 bits per heavy atom. The Morgan fingerprint density at radius 1 is 1.53 bits per heavy atom. The van der Waals surface area contributed by atoms with E-state index in [1.165, 1.54) is 0 Å². The van der Waals surface area contributed by atoms with Crippen molar-refractivity contribution in [3.05, 3.63) is 23.7 Å². The fourth-order valence-corrected chi connectivity index (χ4v) is 2.35. The van der Waals surface area contributed by atoms with Gasteiger partial charge in [0.1, 0.15) is 5.76 Å². The van der Waals surface area contributed by atoms with E-state index in [4.69, 9.17) is 14.9 Å². The summed E-state index contributed by atoms with van der Waals surface area (Å²) in [6.45, 7) is 7.47. The maximum atomic E-state index is 5.69. The summed E-state index contributed by atoms with van der Waals surface area (Å²) < 4.78 is 11.2. The molecule has 17 heavy (non-hydrogen) atoms. The van der Waals surface area contributed by atoms with Gasteiger partial charge in [-0.1, -0.05) is 6.92 Å². The zero-order valence-corrected chi connectivity index (χ0v) is 10.7. The summed E-state index contributed by atoms with van der Waals surface area (Å²) >= 11 is 0. The van der Waals surface area contributed by atoms with Crippen LogP contribution in [0.15, 0.2) is 16.7 Å². The van der Waals surface area contributed by atoms with Gasteiger partial charge in [0, 0.05) is 24.7 Å². The molecule has 2 unspecified atom stereocenters. The van der Waals surface area contributed by atoms with Crippen molar-refractivity contribution < 1.29 is 9.15 Å². The van der Waals surface area contributed by atoms with E-state index in [1.807, 2.05) is 6.07 Å². The Bertz CT molecular complexity index is 351. The smallest absolute Gasteiger partial charge is 0.122 e. The minimum atomic E-state index is 0.300. The van der Waals surface area contributed by atoms with Crippen LogP contribution >= 0.6 is 0 Å². The Kier molecular flexibility index (Phi) is 4.20. The normalized spacial score (nSPS) is 26.3. The first-order valence-corrected chi connectivity index (χ1v) is 6.35. The summed E-state index contributed by atoms with van der Waals surface area (Å²) in [5.41, 5.74) is 6.80. The van der Waals surface area contributed by atoms with Gasteiger partial charge in [0.15, 0.2) is 0 Å². The number of morpholine rings is 1. The lowest BCUT2D eigenvalue weighted by Gasteiger charge is -2.37. The Hall–Kier alpha value is -0.840. The van der Waals surface area contributed by atoms with Gasteiger partial charge < -0.3 is 14.9 Å². The average Bonchev–Trinajstić information content (AvgIpc) is 2.77. The highest BCUT2D eigenvalue weighted by Crippen LogP contribution is 2.20. The lowest BCUT2D eigenvalue weighted by atomic mass is 10.1. The van der Waals surface area contributed by atoms with Gasteiger partial charge in [-0.05, 0) is 19.4 Å². The summed E-state index contributed by atoms with van der Waals surface area (Å²) in [5.74, 6) is 1.00. The number of furan rings is 1. The monoisotopic (exact) mass is 238 g/mol. The Morgan fingerprint density at radius 2 is 2.35 bits per heavy atom. The molecule has 2 rings (SSSR count). The molecule has 4 nitrogen and oxygen atoms in total. The van der Waals surface area contributed by atoms with E-state index < -0.39 is 0 Å². The van der Waals surface area contributed by atoms with Crippen LogP contribution in [0.4, 0.5) is 0 Å². The van der Waals surface area contributed by atoms with Crippen molar-refractivity contribution in [2.75, 3.05) is 13.2 Å². The second-order valence-electron chi connectivity index (χ2n) is 4.71. The van der Waals surface area contributed by atoms with Crippen molar-refractivity contribution >= 4 is 0 Å². The minimum Gasteiger partial charge on any atom is -0.468 e. The lowest BCUT2D eigenvalue weighted by Crippen LogP contribution is -2.47. The fourth-order valence-electron chi connectivity index (χ4n) is 2.35. The second kappa shape index (κ2) is 5.67. The predicted octanol–water partition coefficient (Wildman–Crippen LogP) is 1.74. The molecule has 4 heteroatoms. The molecule has 0 aromatic carbocycles. The molecule has 1 saturated heterocycles. The molecule has 1 aliphatic rings. The van der Waals surface area contributed by atoms with Crippen LogP contribution in [0.3, 0.4) is 0 Å². The molecule has 1 aromatic rings. The number of hydrogen-bond acceptors (Lipinski definition) is 4. The first-order valence-electron chi connectivity index (χ1n) is 6.35. The quantitative estimate of drug-likeness (QED) is 0.868. The fraction of sp³-hybridized carbons (Fsp3) is 0.692. The van der Waals surface area contributed by atoms with Crippen LogP contribution in [-0.2, 0) is 17.8 Å². The topological polar surface area (TPSA) is 51.6 Å². The molecule has 0 saturated carbocycles. The van der Waals surface area contributed by atoms with Crippen LogP contribution in [0.1, 0.15) is 31.6 Å². The van der Waals surface area contributed by atoms with Crippen LogP contribution in [0, 0.1) is 0 Å². The van der Waals surface area contributed by atoms with Gasteiger partial charge >= 0.3 is 0 Å². The van der Waals surface area contributed by atoms with Crippen LogP contribution in [0.2, 0.25) is 0 Å². The summed E-state index contributed by atoms with van der Waals surface area (Å²) in [6.07, 6.45) is 3.13. The van der Waals surface area contributed by atoms with Gasteiger partial charge in [-0.3, -0.25) is 4.90 Å². The molecule has 2 N–H and O–H groups in total. The zero-order valence-electron chi connectivity index (χ0n) is 10.7. The third kappa shape index (κ3) is 2.89. The predicted molar refractivity (Wildman–Crippen MR) is 66.5 cm³/mol. The van der Waals surface area contributed by atoms with Crippen LogP contribution in [-0.4, -0.2) is 30.2 Å². The number of rotatable bonds is 4. The van der Waals surface area contributed by atoms with Crippen molar-refractivity contribution in [2.24, 2.45) is 5.73 Å². The van der Waals surface area contributed by atoms with Crippen molar-refractivity contribution in [3.8, 4) is 0 Å². The summed E-state index contributed by atoms with van der Waals surface area (Å²) in [7, 11) is 0. The van der Waals surface area contributed by atoms with E-state index in [2.05, 4.69) is 18.7 Å². The summed E-state index contributed by atoms with van der Waals surface area (Å²) in [5, 5.41) is 0. The van der Waals surface area contributed by atoms with Gasteiger partial charge in [-0.2, -0.15) is 0 Å². The van der Waals surface area contributed by atoms with E-state index in [0.29, 0.717) is 18.7 Å². The third-order valence-electron chi connectivity index (χ3n) is 3.46. The molecule has 2 heterocycles. The van der Waals surface area contributed by atoms with E-state index in [1.54, 1.807) is 6.26 Å². The van der Waals surface area contributed by atoms with Gasteiger partial charge in [-0.15, -0.1) is 0 Å². The van der Waals surface area contributed by atoms with Gasteiger partial charge in [0.2, 0.25) is 0 Å². The molecule has 1 fully saturated rings. The highest BCUT2D eigenvalue weighted by atomic mass is 16.5. The largest absolute Gasteiger partial charge is 0.468 e. The van der Waals surface area contributed by atoms with E-state index in [-0.39, 0.29) is 0 Å². The molecule has 0 aliphatic carbocycles. The molecule has 0 radical (unpaired) electrons. The second-order valence-corrected chi connectivity index (χ2v) is 4.71. The van der Waals surface area contributed by atoms with E-state index >= 15 is 0 Å². The number of nitrogens with two attached hydrogens (primary N) is 1. The molecule has 1 aromatic heterocycles. The van der Waals surface area contributed by atoms with Crippen molar-refractivity contribution in [3.63, 3.8) is 0 Å². The first-order chi connectivity index (χ1) is 8.24. The number of ether oxygens (including phenoxy) is 1. The van der Waals surface area contributed by atoms with Crippen molar-refractivity contribution in [1.82, 2.24) is 4.90 Å². The van der Waals surface area contributed by atoms with Crippen LogP contribution in [0.25, 0.3) is 0 Å². The molecule has 96 valence electrons. The molecular formula is C13H22N2O2. The average molecular weight is 238 g/mol. The standard InChI is InChI=1S/C13H22N2O2/c1-3-12-9-17-10(2)7-15(12)8-13-11(6-14)4-5-16-13/h4-5,10,12H,3,6-9,14H2,1-2H3. The molecule has 0 bridgehead atoms. The van der Waals surface area contributed by atoms with E-state index in [9.17, 15) is 0 Å². The SMILES string of the molecule is CCC1COC(C)CN1Cc1occc1CN. The molecular weight excluding hydrogens is 216 g/mol. The minimum absolute atomic E-state index is 0.300. The Balaban J connectivity index is 2.05. The molecule has 0 spiro atoms. The van der Waals surface area contributed by atoms with Gasteiger partial charge in [-0.25, -0.2) is 0 Å². The van der Waals surface area contributed by atoms with Crippen molar-refractivity contribution in [2.45, 2.75) is 45.5 Å². The zero-order chi connectivity index (χ0) is 12.3. The number of nitrogens with zero attached hydrogens (tertiary/aromatic N) is 1. The Labute approximate surface area is 103 Å². The number of hydrogen-bond donors (Lipinski definition) is 1. The van der Waals surface area contributed by atoms with Gasteiger partial charge in [0.25, 0.3) is 0 Å². The lowest BCUT2D eigenvalue weighted by molar-refractivity contribution is -0.0611. The molecule has 0 amide bonds. The maximum Gasteiger partial charge on any atom is 0.122 e. The molecule has 1 aliphatic heterocycles.